The minimum absolute atomic E-state index is 0.0210. The van der Waals surface area contributed by atoms with Crippen LogP contribution in [0, 0.1) is 0 Å². The number of benzene rings is 1. The number of fused-ring (bicyclic) bond motifs is 2. The van der Waals surface area contributed by atoms with Crippen molar-refractivity contribution in [3.63, 3.8) is 0 Å². The number of carbonyl (C=O) groups excluding carboxylic acids is 2. The van der Waals surface area contributed by atoms with Crippen LogP contribution in [-0.4, -0.2) is 58.3 Å². The highest BCUT2D eigenvalue weighted by atomic mass is 16.2. The van der Waals surface area contributed by atoms with Gasteiger partial charge in [-0.2, -0.15) is 0 Å². The van der Waals surface area contributed by atoms with E-state index in [-0.39, 0.29) is 23.9 Å². The average Bonchev–Trinajstić information content (AvgIpc) is 2.66. The first-order valence-electron chi connectivity index (χ1n) is 9.33. The highest BCUT2D eigenvalue weighted by Crippen LogP contribution is 2.22. The lowest BCUT2D eigenvalue weighted by Gasteiger charge is -2.45. The number of nitrogens with zero attached hydrogens (tertiary/aromatic N) is 3. The second-order valence-electron chi connectivity index (χ2n) is 7.12. The Morgan fingerprint density at radius 1 is 1.19 bits per heavy atom. The van der Waals surface area contributed by atoms with Gasteiger partial charge in [-0.1, -0.05) is 31.5 Å². The van der Waals surface area contributed by atoms with Crippen molar-refractivity contribution in [1.29, 1.82) is 0 Å². The van der Waals surface area contributed by atoms with E-state index in [2.05, 4.69) is 27.3 Å². The molecular weight excluding hydrogens is 328 g/mol. The van der Waals surface area contributed by atoms with Crippen molar-refractivity contribution in [3.8, 4) is 0 Å². The number of aromatic nitrogens is 1. The van der Waals surface area contributed by atoms with Crippen molar-refractivity contribution in [2.75, 3.05) is 19.6 Å². The van der Waals surface area contributed by atoms with Crippen LogP contribution in [0.1, 0.15) is 25.3 Å². The maximum atomic E-state index is 12.6. The van der Waals surface area contributed by atoms with Crippen LogP contribution in [-0.2, 0) is 16.1 Å². The summed E-state index contributed by atoms with van der Waals surface area (Å²) in [5.41, 5.74) is 2.19. The monoisotopic (exact) mass is 352 g/mol. The quantitative estimate of drug-likeness (QED) is 0.907. The molecule has 2 atom stereocenters. The van der Waals surface area contributed by atoms with Gasteiger partial charge in [-0.3, -0.25) is 19.5 Å². The number of pyridine rings is 1. The van der Waals surface area contributed by atoms with E-state index < -0.39 is 0 Å². The Balaban J connectivity index is 1.50. The van der Waals surface area contributed by atoms with Crippen LogP contribution in [0.25, 0.3) is 10.9 Å². The Morgan fingerprint density at radius 2 is 2.08 bits per heavy atom. The molecule has 6 heteroatoms. The van der Waals surface area contributed by atoms with Gasteiger partial charge in [-0.05, 0) is 24.1 Å². The predicted octanol–water partition coefficient (Wildman–Crippen LogP) is 1.55. The Kier molecular flexibility index (Phi) is 4.59. The number of hydrogen-bond acceptors (Lipinski definition) is 4. The van der Waals surface area contributed by atoms with E-state index in [1.807, 2.05) is 25.1 Å². The highest BCUT2D eigenvalue weighted by molar-refractivity contribution is 5.97. The molecule has 2 amide bonds. The molecule has 1 aromatic heterocycles. The van der Waals surface area contributed by atoms with Gasteiger partial charge < -0.3 is 10.2 Å². The third kappa shape index (κ3) is 3.05. The lowest BCUT2D eigenvalue weighted by molar-refractivity contribution is -0.153. The minimum atomic E-state index is -0.377. The summed E-state index contributed by atoms with van der Waals surface area (Å²) in [6.07, 6.45) is 3.40. The minimum Gasteiger partial charge on any atom is -0.342 e. The zero-order valence-corrected chi connectivity index (χ0v) is 15.0. The smallest absolute Gasteiger partial charge is 0.245 e. The molecule has 1 aromatic carbocycles. The third-order valence-corrected chi connectivity index (χ3v) is 5.37. The first-order chi connectivity index (χ1) is 12.7. The third-order valence-electron chi connectivity index (χ3n) is 5.37. The van der Waals surface area contributed by atoms with Gasteiger partial charge in [0.25, 0.3) is 0 Å². The SMILES string of the molecule is CCC[C@@H]1NC(=O)[C@H]2CN(Cc3cccc4ncccc34)CCN2C1=O. The predicted molar refractivity (Wildman–Crippen MR) is 99.4 cm³/mol. The number of nitrogens with one attached hydrogen (secondary N) is 1. The van der Waals surface area contributed by atoms with Crippen molar-refractivity contribution in [1.82, 2.24) is 20.1 Å². The Labute approximate surface area is 153 Å². The molecule has 1 N–H and O–H groups in total. The average molecular weight is 352 g/mol. The molecule has 0 spiro atoms. The molecule has 2 aromatic rings. The molecule has 0 aliphatic carbocycles. The molecule has 0 radical (unpaired) electrons. The van der Waals surface area contributed by atoms with Gasteiger partial charge in [0.15, 0.2) is 0 Å². The number of amides is 2. The summed E-state index contributed by atoms with van der Waals surface area (Å²) in [6, 6.07) is 9.45. The van der Waals surface area contributed by atoms with E-state index in [0.29, 0.717) is 19.5 Å². The summed E-state index contributed by atoms with van der Waals surface area (Å²) < 4.78 is 0. The van der Waals surface area contributed by atoms with Crippen LogP contribution in [0.5, 0.6) is 0 Å². The summed E-state index contributed by atoms with van der Waals surface area (Å²) in [6.45, 7) is 4.76. The van der Waals surface area contributed by atoms with Gasteiger partial charge >= 0.3 is 0 Å². The lowest BCUT2D eigenvalue weighted by Crippen LogP contribution is -2.69. The zero-order valence-electron chi connectivity index (χ0n) is 15.0. The van der Waals surface area contributed by atoms with Crippen molar-refractivity contribution in [2.24, 2.45) is 0 Å². The van der Waals surface area contributed by atoms with Crippen LogP contribution < -0.4 is 5.32 Å². The van der Waals surface area contributed by atoms with Gasteiger partial charge in [0, 0.05) is 37.8 Å². The van der Waals surface area contributed by atoms with Crippen molar-refractivity contribution < 1.29 is 9.59 Å². The molecule has 2 fully saturated rings. The largest absolute Gasteiger partial charge is 0.342 e. The first kappa shape index (κ1) is 17.0. The number of rotatable bonds is 4. The topological polar surface area (TPSA) is 65.5 Å². The molecule has 26 heavy (non-hydrogen) atoms. The normalized spacial score (nSPS) is 23.8. The second kappa shape index (κ2) is 7.03. The van der Waals surface area contributed by atoms with E-state index in [9.17, 15) is 9.59 Å². The highest BCUT2D eigenvalue weighted by Gasteiger charge is 2.42. The fourth-order valence-electron chi connectivity index (χ4n) is 4.03. The van der Waals surface area contributed by atoms with E-state index in [1.54, 1.807) is 11.1 Å². The molecule has 0 bridgehead atoms. The molecule has 0 saturated carbocycles. The van der Waals surface area contributed by atoms with Gasteiger partial charge in [0.2, 0.25) is 11.8 Å². The van der Waals surface area contributed by atoms with E-state index in [0.717, 1.165) is 30.4 Å². The molecule has 2 aliphatic rings. The van der Waals surface area contributed by atoms with Crippen molar-refractivity contribution in [3.05, 3.63) is 42.1 Å². The van der Waals surface area contributed by atoms with Crippen LogP contribution >= 0.6 is 0 Å². The summed E-state index contributed by atoms with van der Waals surface area (Å²) in [5, 5.41) is 4.06. The molecular formula is C20H24N4O2. The van der Waals surface area contributed by atoms with Gasteiger partial charge in [-0.25, -0.2) is 0 Å². The van der Waals surface area contributed by atoms with Crippen LogP contribution in [0.2, 0.25) is 0 Å². The van der Waals surface area contributed by atoms with Crippen LogP contribution in [0.4, 0.5) is 0 Å². The number of carbonyl (C=O) groups is 2. The summed E-state index contributed by atoms with van der Waals surface area (Å²) in [7, 11) is 0. The van der Waals surface area contributed by atoms with E-state index in [4.69, 9.17) is 0 Å². The standard InChI is InChI=1S/C20H24N4O2/c1-2-5-17-20(26)24-11-10-23(13-18(24)19(25)22-17)12-14-6-3-8-16-15(14)7-4-9-21-16/h3-4,6-9,17-18H,2,5,10-13H2,1H3,(H,22,25)/t17-,18+/m0/s1. The lowest BCUT2D eigenvalue weighted by atomic mass is 10.0. The fraction of sp³-hybridized carbons (Fsp3) is 0.450. The molecule has 0 unspecified atom stereocenters. The molecule has 6 nitrogen and oxygen atoms in total. The van der Waals surface area contributed by atoms with Crippen LogP contribution in [0.15, 0.2) is 36.5 Å². The van der Waals surface area contributed by atoms with Gasteiger partial charge in [0.1, 0.15) is 12.1 Å². The number of hydrogen-bond donors (Lipinski definition) is 1. The molecule has 4 rings (SSSR count). The zero-order chi connectivity index (χ0) is 18.1. The first-order valence-corrected chi connectivity index (χ1v) is 9.33. The Bertz CT molecular complexity index is 832. The van der Waals surface area contributed by atoms with E-state index >= 15 is 0 Å². The Hall–Kier alpha value is -2.47. The summed E-state index contributed by atoms with van der Waals surface area (Å²) in [4.78, 5) is 33.6. The maximum absolute atomic E-state index is 12.6. The van der Waals surface area contributed by atoms with Crippen molar-refractivity contribution >= 4 is 22.7 Å². The van der Waals surface area contributed by atoms with Crippen molar-refractivity contribution in [2.45, 2.75) is 38.4 Å². The molecule has 2 aliphatic heterocycles. The Morgan fingerprint density at radius 3 is 2.92 bits per heavy atom. The number of piperazine rings is 2. The van der Waals surface area contributed by atoms with Gasteiger partial charge in [-0.15, -0.1) is 0 Å². The summed E-state index contributed by atoms with van der Waals surface area (Å²) in [5.74, 6) is 0.0535. The second-order valence-corrected chi connectivity index (χ2v) is 7.12. The molecule has 3 heterocycles. The molecule has 2 saturated heterocycles. The van der Waals surface area contributed by atoms with Gasteiger partial charge in [0.05, 0.1) is 5.52 Å². The maximum Gasteiger partial charge on any atom is 0.245 e. The van der Waals surface area contributed by atoms with Crippen LogP contribution in [0.3, 0.4) is 0 Å². The summed E-state index contributed by atoms with van der Waals surface area (Å²) >= 11 is 0. The van der Waals surface area contributed by atoms with E-state index in [1.165, 1.54) is 5.56 Å². The molecule has 136 valence electrons. The fourth-order valence-corrected chi connectivity index (χ4v) is 4.03.